The second-order valence-electron chi connectivity index (χ2n) is 6.36. The summed E-state index contributed by atoms with van der Waals surface area (Å²) in [6, 6.07) is 5.70. The van der Waals surface area contributed by atoms with Gasteiger partial charge in [0.15, 0.2) is 6.61 Å². The van der Waals surface area contributed by atoms with Gasteiger partial charge < -0.3 is 14.2 Å². The van der Waals surface area contributed by atoms with Crippen LogP contribution in [0.1, 0.15) is 12.7 Å². The van der Waals surface area contributed by atoms with Gasteiger partial charge in [0.05, 0.1) is 0 Å². The molecular formula is C19H25FN4O2. The highest BCUT2D eigenvalue weighted by Gasteiger charge is 2.21. The molecule has 1 amide bonds. The third-order valence-electron chi connectivity index (χ3n) is 4.68. The van der Waals surface area contributed by atoms with Crippen molar-refractivity contribution in [3.8, 4) is 5.75 Å². The molecule has 0 atom stereocenters. The highest BCUT2D eigenvalue weighted by Crippen LogP contribution is 2.11. The Bertz CT molecular complexity index is 709. The van der Waals surface area contributed by atoms with Crippen LogP contribution in [0.2, 0.25) is 0 Å². The Balaban J connectivity index is 1.38. The van der Waals surface area contributed by atoms with Crippen molar-refractivity contribution in [2.45, 2.75) is 19.9 Å². The Morgan fingerprint density at radius 2 is 1.88 bits per heavy atom. The quantitative estimate of drug-likeness (QED) is 0.756. The van der Waals surface area contributed by atoms with E-state index in [1.807, 2.05) is 17.3 Å². The fourth-order valence-electron chi connectivity index (χ4n) is 3.10. The molecule has 6 nitrogen and oxygen atoms in total. The van der Waals surface area contributed by atoms with Gasteiger partial charge in [-0.05, 0) is 24.3 Å². The number of imidazole rings is 1. The minimum Gasteiger partial charge on any atom is -0.484 e. The number of hydrogen-bond donors (Lipinski definition) is 0. The molecule has 0 aliphatic carbocycles. The molecule has 1 aromatic carbocycles. The van der Waals surface area contributed by atoms with Gasteiger partial charge in [-0.25, -0.2) is 9.37 Å². The van der Waals surface area contributed by atoms with Crippen LogP contribution in [0.15, 0.2) is 36.7 Å². The number of rotatable bonds is 7. The number of nitrogens with zero attached hydrogens (tertiary/aromatic N) is 4. The maximum Gasteiger partial charge on any atom is 0.260 e. The molecule has 140 valence electrons. The molecule has 2 aromatic rings. The van der Waals surface area contributed by atoms with Gasteiger partial charge in [0, 0.05) is 58.1 Å². The molecule has 0 unspecified atom stereocenters. The smallest absolute Gasteiger partial charge is 0.260 e. The maximum absolute atomic E-state index is 12.9. The average Bonchev–Trinajstić information content (AvgIpc) is 3.13. The minimum absolute atomic E-state index is 0.0134. The fourth-order valence-corrected chi connectivity index (χ4v) is 3.10. The van der Waals surface area contributed by atoms with E-state index in [1.54, 1.807) is 0 Å². The summed E-state index contributed by atoms with van der Waals surface area (Å²) in [5.41, 5.74) is 0. The van der Waals surface area contributed by atoms with Crippen molar-refractivity contribution < 1.29 is 13.9 Å². The molecule has 26 heavy (non-hydrogen) atoms. The van der Waals surface area contributed by atoms with E-state index in [1.165, 1.54) is 24.3 Å². The standard InChI is InChI=1S/C19H25FN4O2/c1-2-18-21-7-8-23(18)12-9-22-10-13-24(14-11-22)19(25)15-26-17-5-3-16(20)4-6-17/h3-8H,2,9-15H2,1H3. The van der Waals surface area contributed by atoms with Crippen LogP contribution in [-0.2, 0) is 17.8 Å². The van der Waals surface area contributed by atoms with Crippen molar-refractivity contribution in [1.82, 2.24) is 19.4 Å². The minimum atomic E-state index is -0.318. The summed E-state index contributed by atoms with van der Waals surface area (Å²) in [5, 5.41) is 0. The number of ether oxygens (including phenoxy) is 1. The number of aromatic nitrogens is 2. The topological polar surface area (TPSA) is 50.6 Å². The second-order valence-corrected chi connectivity index (χ2v) is 6.36. The van der Waals surface area contributed by atoms with Crippen LogP contribution in [0.4, 0.5) is 4.39 Å². The third kappa shape index (κ3) is 4.82. The number of benzene rings is 1. The molecular weight excluding hydrogens is 335 g/mol. The van der Waals surface area contributed by atoms with E-state index >= 15 is 0 Å². The lowest BCUT2D eigenvalue weighted by Gasteiger charge is -2.34. The normalized spacial score (nSPS) is 15.2. The van der Waals surface area contributed by atoms with E-state index in [-0.39, 0.29) is 18.3 Å². The molecule has 0 N–H and O–H groups in total. The van der Waals surface area contributed by atoms with Gasteiger partial charge in [-0.1, -0.05) is 6.92 Å². The van der Waals surface area contributed by atoms with Crippen molar-refractivity contribution in [2.24, 2.45) is 0 Å². The molecule has 1 fully saturated rings. The SMILES string of the molecule is CCc1nccn1CCN1CCN(C(=O)COc2ccc(F)cc2)CC1. The van der Waals surface area contributed by atoms with E-state index in [0.717, 1.165) is 38.4 Å². The lowest BCUT2D eigenvalue weighted by Crippen LogP contribution is -2.50. The number of carbonyl (C=O) groups is 1. The van der Waals surface area contributed by atoms with Crippen molar-refractivity contribution >= 4 is 5.91 Å². The molecule has 0 saturated carbocycles. The van der Waals surface area contributed by atoms with Crippen LogP contribution in [0.3, 0.4) is 0 Å². The van der Waals surface area contributed by atoms with Crippen LogP contribution >= 0.6 is 0 Å². The highest BCUT2D eigenvalue weighted by atomic mass is 19.1. The predicted octanol–water partition coefficient (Wildman–Crippen LogP) is 1.81. The highest BCUT2D eigenvalue weighted by molar-refractivity contribution is 5.77. The van der Waals surface area contributed by atoms with Gasteiger partial charge in [0.25, 0.3) is 5.91 Å². The summed E-state index contributed by atoms with van der Waals surface area (Å²) in [7, 11) is 0. The second kappa shape index (κ2) is 8.80. The maximum atomic E-state index is 12.9. The summed E-state index contributed by atoms with van der Waals surface area (Å²) in [6.45, 7) is 7.10. The lowest BCUT2D eigenvalue weighted by molar-refractivity contribution is -0.135. The number of piperazine rings is 1. The van der Waals surface area contributed by atoms with Crippen LogP contribution < -0.4 is 4.74 Å². The predicted molar refractivity (Wildman–Crippen MR) is 96.5 cm³/mol. The van der Waals surface area contributed by atoms with E-state index in [0.29, 0.717) is 18.8 Å². The molecule has 1 saturated heterocycles. The van der Waals surface area contributed by atoms with E-state index in [4.69, 9.17) is 4.74 Å². The number of halogens is 1. The summed E-state index contributed by atoms with van der Waals surface area (Å²) < 4.78 is 20.5. The van der Waals surface area contributed by atoms with Crippen molar-refractivity contribution in [3.63, 3.8) is 0 Å². The zero-order valence-electron chi connectivity index (χ0n) is 15.1. The molecule has 1 aromatic heterocycles. The monoisotopic (exact) mass is 360 g/mol. The molecule has 2 heterocycles. The molecule has 3 rings (SSSR count). The van der Waals surface area contributed by atoms with E-state index in [2.05, 4.69) is 21.4 Å². The first-order chi connectivity index (χ1) is 12.7. The molecule has 1 aliphatic rings. The molecule has 0 spiro atoms. The van der Waals surface area contributed by atoms with Gasteiger partial charge >= 0.3 is 0 Å². The number of amides is 1. The summed E-state index contributed by atoms with van der Waals surface area (Å²) >= 11 is 0. The van der Waals surface area contributed by atoms with Gasteiger partial charge in [-0.3, -0.25) is 9.69 Å². The first kappa shape index (κ1) is 18.4. The Hall–Kier alpha value is -2.41. The zero-order chi connectivity index (χ0) is 18.4. The number of hydrogen-bond acceptors (Lipinski definition) is 4. The van der Waals surface area contributed by atoms with Crippen molar-refractivity contribution in [3.05, 3.63) is 48.3 Å². The van der Waals surface area contributed by atoms with Crippen LogP contribution in [0.5, 0.6) is 5.75 Å². The Morgan fingerprint density at radius 1 is 1.15 bits per heavy atom. The summed E-state index contributed by atoms with van der Waals surface area (Å²) in [6.07, 6.45) is 4.80. The zero-order valence-corrected chi connectivity index (χ0v) is 15.1. The van der Waals surface area contributed by atoms with Crippen LogP contribution in [-0.4, -0.2) is 64.6 Å². The van der Waals surface area contributed by atoms with Gasteiger partial charge in [0.1, 0.15) is 17.4 Å². The summed E-state index contributed by atoms with van der Waals surface area (Å²) in [5.74, 6) is 1.26. The molecule has 0 radical (unpaired) electrons. The van der Waals surface area contributed by atoms with Crippen molar-refractivity contribution in [1.29, 1.82) is 0 Å². The third-order valence-corrected chi connectivity index (χ3v) is 4.68. The van der Waals surface area contributed by atoms with E-state index < -0.39 is 0 Å². The Labute approximate surface area is 153 Å². The molecule has 7 heteroatoms. The van der Waals surface area contributed by atoms with Gasteiger partial charge in [-0.15, -0.1) is 0 Å². The number of aryl methyl sites for hydroxylation is 1. The van der Waals surface area contributed by atoms with Crippen LogP contribution in [0, 0.1) is 5.82 Å². The largest absolute Gasteiger partial charge is 0.484 e. The van der Waals surface area contributed by atoms with Gasteiger partial charge in [0.2, 0.25) is 0 Å². The molecule has 1 aliphatic heterocycles. The first-order valence-electron chi connectivity index (χ1n) is 9.04. The van der Waals surface area contributed by atoms with E-state index in [9.17, 15) is 9.18 Å². The molecule has 0 bridgehead atoms. The fraction of sp³-hybridized carbons (Fsp3) is 0.474. The van der Waals surface area contributed by atoms with Crippen LogP contribution in [0.25, 0.3) is 0 Å². The average molecular weight is 360 g/mol. The first-order valence-corrected chi connectivity index (χ1v) is 9.04. The number of carbonyl (C=O) groups excluding carboxylic acids is 1. The summed E-state index contributed by atoms with van der Waals surface area (Å²) in [4.78, 5) is 20.8. The van der Waals surface area contributed by atoms with Crippen molar-refractivity contribution in [2.75, 3.05) is 39.3 Å². The lowest BCUT2D eigenvalue weighted by atomic mass is 10.3. The Morgan fingerprint density at radius 3 is 2.58 bits per heavy atom. The van der Waals surface area contributed by atoms with Gasteiger partial charge in [-0.2, -0.15) is 0 Å². The Kier molecular flexibility index (Phi) is 6.22.